The van der Waals surface area contributed by atoms with Gasteiger partial charge in [-0.3, -0.25) is 19.3 Å². The fourth-order valence-electron chi connectivity index (χ4n) is 7.78. The highest BCUT2D eigenvalue weighted by Crippen LogP contribution is 2.33. The van der Waals surface area contributed by atoms with E-state index in [9.17, 15) is 14.4 Å². The van der Waals surface area contributed by atoms with Crippen LogP contribution in [0.2, 0.25) is 0 Å². The molecule has 2 saturated carbocycles. The molecule has 0 saturated heterocycles. The molecule has 1 amide bonds. The largest absolute Gasteiger partial charge is 0.460 e. The molecule has 0 aliphatic heterocycles. The van der Waals surface area contributed by atoms with Crippen LogP contribution in [-0.2, 0) is 36.9 Å². The third-order valence-corrected chi connectivity index (χ3v) is 10.3. The lowest BCUT2D eigenvalue weighted by Gasteiger charge is -2.23. The molecule has 14 nitrogen and oxygen atoms in total. The van der Waals surface area contributed by atoms with Gasteiger partial charge in [0.15, 0.2) is 11.6 Å². The molecule has 2 fully saturated rings. The second kappa shape index (κ2) is 23.7. The Morgan fingerprint density at radius 3 is 1.59 bits per heavy atom. The van der Waals surface area contributed by atoms with Crippen LogP contribution in [0.1, 0.15) is 192 Å². The number of nitrogens with two attached hydrogens (primary N) is 1. The van der Waals surface area contributed by atoms with Crippen molar-refractivity contribution in [3.8, 4) is 0 Å². The van der Waals surface area contributed by atoms with Crippen molar-refractivity contribution in [1.29, 1.82) is 0 Å². The number of primary amides is 1. The van der Waals surface area contributed by atoms with Crippen molar-refractivity contribution in [2.24, 2.45) is 17.6 Å². The Hall–Kier alpha value is -3.39. The van der Waals surface area contributed by atoms with Crippen LogP contribution in [0.15, 0.2) is 9.05 Å². The normalized spacial score (nSPS) is 16.9. The van der Waals surface area contributed by atoms with E-state index >= 15 is 0 Å². The van der Waals surface area contributed by atoms with Crippen LogP contribution in [0.3, 0.4) is 0 Å². The molecule has 2 aromatic rings. The van der Waals surface area contributed by atoms with Gasteiger partial charge in [0.25, 0.3) is 0 Å². The van der Waals surface area contributed by atoms with Crippen molar-refractivity contribution in [1.82, 2.24) is 30.5 Å². The van der Waals surface area contributed by atoms with Gasteiger partial charge in [-0.25, -0.2) is 0 Å². The molecule has 0 bridgehead atoms. The van der Waals surface area contributed by atoms with E-state index in [0.717, 1.165) is 37.5 Å². The lowest BCUT2D eigenvalue weighted by Crippen LogP contribution is -2.30. The Balaban J connectivity index is 0.000000303. The van der Waals surface area contributed by atoms with Gasteiger partial charge in [0, 0.05) is 11.8 Å². The van der Waals surface area contributed by atoms with Crippen LogP contribution < -0.4 is 11.1 Å². The van der Waals surface area contributed by atoms with Crippen molar-refractivity contribution in [3.05, 3.63) is 23.4 Å². The maximum Gasteiger partial charge on any atom is 0.307 e. The number of hydrogen-bond donors (Lipinski definition) is 2. The Bertz CT molecular complexity index is 1440. The standard InChI is InChI=1S/C22H38N4O4.C20H35N3O3/c1-22(2,3)29-20(28)13-17(12-8-11-16-9-6-5-7-10-16)21-24-19(25-30-21)15-26(4)14-18(23)27;1-20(2,3)25-18(24)13-16(19-22-17(14-21-4)23-26-19)12-8-11-15-9-6-5-7-10-15/h16-17H,5-15H2,1-4H3,(H2,23,27);15-16,21H,5-14H2,1-4H3/t17-;16-/m11/s1. The van der Waals surface area contributed by atoms with Crippen molar-refractivity contribution in [3.63, 3.8) is 0 Å². The number of carbonyl (C=O) groups excluding carboxylic acids is 3. The highest BCUT2D eigenvalue weighted by Gasteiger charge is 2.28. The van der Waals surface area contributed by atoms with E-state index in [2.05, 4.69) is 25.6 Å². The van der Waals surface area contributed by atoms with E-state index in [-0.39, 0.29) is 36.7 Å². The number of likely N-dealkylation sites (N-methyl/N-ethyl adjacent to an activating group) is 1. The highest BCUT2D eigenvalue weighted by atomic mass is 16.6. The summed E-state index contributed by atoms with van der Waals surface area (Å²) >= 11 is 0. The lowest BCUT2D eigenvalue weighted by atomic mass is 9.84. The summed E-state index contributed by atoms with van der Waals surface area (Å²) < 4.78 is 22.0. The minimum absolute atomic E-state index is 0.0634. The molecule has 56 heavy (non-hydrogen) atoms. The van der Waals surface area contributed by atoms with Crippen LogP contribution in [-0.4, -0.2) is 74.9 Å². The summed E-state index contributed by atoms with van der Waals surface area (Å²) in [7, 11) is 3.61. The summed E-state index contributed by atoms with van der Waals surface area (Å²) in [4.78, 5) is 46.5. The zero-order chi connectivity index (χ0) is 41.1. The number of carbonyl (C=O) groups is 3. The molecule has 0 radical (unpaired) electrons. The van der Waals surface area contributed by atoms with E-state index in [0.29, 0.717) is 42.9 Å². The second-order valence-electron chi connectivity index (χ2n) is 18.1. The molecule has 14 heteroatoms. The summed E-state index contributed by atoms with van der Waals surface area (Å²) in [6, 6.07) is 0. The SMILES string of the molecule is CN(CC(N)=O)Cc1noc([C@H](CCCC2CCCCC2)CC(=O)OC(C)(C)C)n1.CNCc1noc([C@H](CCCC2CCCCC2)CC(=O)OC(C)(C)C)n1. The van der Waals surface area contributed by atoms with Gasteiger partial charge < -0.3 is 29.6 Å². The Morgan fingerprint density at radius 2 is 1.18 bits per heavy atom. The summed E-state index contributed by atoms with van der Waals surface area (Å²) in [5.74, 6) is 2.68. The predicted molar refractivity (Wildman–Crippen MR) is 214 cm³/mol. The maximum atomic E-state index is 12.4. The average molecular weight is 788 g/mol. The van der Waals surface area contributed by atoms with Gasteiger partial charge in [0.05, 0.1) is 32.5 Å². The smallest absolute Gasteiger partial charge is 0.307 e. The molecule has 2 atom stereocenters. The van der Waals surface area contributed by atoms with Gasteiger partial charge in [-0.1, -0.05) is 100 Å². The summed E-state index contributed by atoms with van der Waals surface area (Å²) in [6.07, 6.45) is 20.2. The lowest BCUT2D eigenvalue weighted by molar-refractivity contribution is -0.156. The molecule has 2 aliphatic carbocycles. The van der Waals surface area contributed by atoms with E-state index in [4.69, 9.17) is 24.3 Å². The van der Waals surface area contributed by atoms with Crippen LogP contribution in [0.5, 0.6) is 0 Å². The second-order valence-corrected chi connectivity index (χ2v) is 18.1. The van der Waals surface area contributed by atoms with Crippen molar-refractivity contribution >= 4 is 17.8 Å². The van der Waals surface area contributed by atoms with Gasteiger partial charge in [0.2, 0.25) is 17.7 Å². The van der Waals surface area contributed by atoms with Crippen LogP contribution in [0, 0.1) is 11.8 Å². The monoisotopic (exact) mass is 788 g/mol. The van der Waals surface area contributed by atoms with Gasteiger partial charge in [-0.2, -0.15) is 9.97 Å². The number of nitrogens with one attached hydrogen (secondary N) is 1. The molecule has 0 aromatic carbocycles. The topological polar surface area (TPSA) is 189 Å². The van der Waals surface area contributed by atoms with Crippen molar-refractivity contribution in [2.45, 2.75) is 193 Å². The number of amides is 1. The summed E-state index contributed by atoms with van der Waals surface area (Å²) in [6.45, 7) is 12.3. The first-order valence-corrected chi connectivity index (χ1v) is 21.2. The van der Waals surface area contributed by atoms with Gasteiger partial charge in [0.1, 0.15) is 11.2 Å². The maximum absolute atomic E-state index is 12.4. The first kappa shape index (κ1) is 47.0. The van der Waals surface area contributed by atoms with Crippen LogP contribution >= 0.6 is 0 Å². The molecular formula is C42H73N7O7. The van der Waals surface area contributed by atoms with Gasteiger partial charge >= 0.3 is 11.9 Å². The third kappa shape index (κ3) is 19.7. The zero-order valence-corrected chi connectivity index (χ0v) is 35.8. The number of nitrogens with zero attached hydrogens (tertiary/aromatic N) is 5. The van der Waals surface area contributed by atoms with Gasteiger partial charge in [-0.15, -0.1) is 0 Å². The molecule has 3 N–H and O–H groups in total. The molecule has 2 aliphatic rings. The minimum Gasteiger partial charge on any atom is -0.460 e. The Labute approximate surface area is 335 Å². The fraction of sp³-hybridized carbons (Fsp3) is 0.833. The third-order valence-electron chi connectivity index (χ3n) is 10.3. The highest BCUT2D eigenvalue weighted by molar-refractivity contribution is 5.75. The molecule has 4 rings (SSSR count). The van der Waals surface area contributed by atoms with E-state index in [1.807, 2.05) is 48.6 Å². The van der Waals surface area contributed by atoms with Crippen molar-refractivity contribution < 1.29 is 32.9 Å². The van der Waals surface area contributed by atoms with E-state index in [1.54, 1.807) is 11.9 Å². The minimum atomic E-state index is -0.527. The number of ether oxygens (including phenoxy) is 2. The predicted octanol–water partition coefficient (Wildman–Crippen LogP) is 7.91. The molecular weight excluding hydrogens is 715 g/mol. The molecule has 2 heterocycles. The summed E-state index contributed by atoms with van der Waals surface area (Å²) in [5, 5.41) is 11.1. The Morgan fingerprint density at radius 1 is 0.750 bits per heavy atom. The quantitative estimate of drug-likeness (QED) is 0.123. The summed E-state index contributed by atoms with van der Waals surface area (Å²) in [5.41, 5.74) is 4.22. The fourth-order valence-corrected chi connectivity index (χ4v) is 7.78. The van der Waals surface area contributed by atoms with Crippen LogP contribution in [0.4, 0.5) is 0 Å². The molecule has 2 aromatic heterocycles. The molecule has 0 spiro atoms. The first-order valence-electron chi connectivity index (χ1n) is 21.2. The number of esters is 2. The van der Waals surface area contributed by atoms with Crippen molar-refractivity contribution in [2.75, 3.05) is 20.6 Å². The number of rotatable bonds is 20. The number of hydrogen-bond acceptors (Lipinski definition) is 13. The average Bonchev–Trinajstić information content (AvgIpc) is 3.77. The van der Waals surface area contributed by atoms with Gasteiger partial charge in [-0.05, 0) is 80.3 Å². The Kier molecular flexibility index (Phi) is 19.9. The molecule has 318 valence electrons. The van der Waals surface area contributed by atoms with E-state index in [1.165, 1.54) is 77.0 Å². The van der Waals surface area contributed by atoms with Crippen LogP contribution in [0.25, 0.3) is 0 Å². The van der Waals surface area contributed by atoms with E-state index < -0.39 is 17.1 Å². The molecule has 0 unspecified atom stereocenters. The first-order chi connectivity index (χ1) is 26.5. The zero-order valence-electron chi connectivity index (χ0n) is 35.8. The number of aromatic nitrogens is 4.